The maximum Gasteiger partial charge on any atom is 0.333 e. The molecule has 0 spiro atoms. The second kappa shape index (κ2) is 6.79. The van der Waals surface area contributed by atoms with Crippen molar-refractivity contribution in [2.75, 3.05) is 13.2 Å². The zero-order valence-corrected chi connectivity index (χ0v) is 10.6. The molecule has 1 saturated heterocycles. The quantitative estimate of drug-likeness (QED) is 0.312. The van der Waals surface area contributed by atoms with Crippen molar-refractivity contribution in [3.63, 3.8) is 0 Å². The smallest absolute Gasteiger partial charge is 0.333 e. The van der Waals surface area contributed by atoms with Crippen LogP contribution in [0.25, 0.3) is 0 Å². The molecule has 0 amide bonds. The molecule has 15 heavy (non-hydrogen) atoms. The van der Waals surface area contributed by atoms with Crippen LogP contribution in [0.1, 0.15) is 26.2 Å². The Kier molecular flexibility index (Phi) is 5.64. The highest BCUT2D eigenvalue weighted by Crippen LogP contribution is 2.15. The van der Waals surface area contributed by atoms with Crippen LogP contribution in [0.2, 0.25) is 12.1 Å². The highest BCUT2D eigenvalue weighted by atomic mass is 28.3. The summed E-state index contributed by atoms with van der Waals surface area (Å²) in [5.41, 5.74) is 0.473. The lowest BCUT2D eigenvalue weighted by molar-refractivity contribution is -0.138. The van der Waals surface area contributed by atoms with E-state index in [-0.39, 0.29) is 5.97 Å². The third-order valence-corrected chi connectivity index (χ3v) is 5.34. The van der Waals surface area contributed by atoms with Gasteiger partial charge in [0.05, 0.1) is 6.61 Å². The lowest BCUT2D eigenvalue weighted by atomic mass is 10.4. The Labute approximate surface area is 93.2 Å². The number of esters is 1. The molecule has 0 aromatic carbocycles. The summed E-state index contributed by atoms with van der Waals surface area (Å²) in [5.74, 6) is -0.277. The molecule has 0 bridgehead atoms. The van der Waals surface area contributed by atoms with Crippen molar-refractivity contribution in [1.82, 2.24) is 0 Å². The van der Waals surface area contributed by atoms with Gasteiger partial charge in [0, 0.05) is 12.2 Å². The van der Waals surface area contributed by atoms with E-state index in [1.54, 1.807) is 6.92 Å². The van der Waals surface area contributed by atoms with Crippen LogP contribution in [0.4, 0.5) is 0 Å². The van der Waals surface area contributed by atoms with Crippen molar-refractivity contribution in [2.24, 2.45) is 0 Å². The van der Waals surface area contributed by atoms with Gasteiger partial charge in [-0.25, -0.2) is 4.79 Å². The van der Waals surface area contributed by atoms with Gasteiger partial charge in [-0.2, -0.15) is 0 Å². The Morgan fingerprint density at radius 1 is 1.53 bits per heavy atom. The van der Waals surface area contributed by atoms with Crippen molar-refractivity contribution in [1.29, 1.82) is 0 Å². The minimum atomic E-state index is -0.927. The lowest BCUT2D eigenvalue weighted by Gasteiger charge is -2.20. The van der Waals surface area contributed by atoms with Crippen LogP contribution in [-0.4, -0.2) is 28.2 Å². The van der Waals surface area contributed by atoms with Crippen molar-refractivity contribution in [2.45, 2.75) is 38.3 Å². The van der Waals surface area contributed by atoms with E-state index in [4.69, 9.17) is 9.16 Å². The predicted octanol–water partition coefficient (Wildman–Crippen LogP) is 2.03. The van der Waals surface area contributed by atoms with Crippen LogP contribution in [0, 0.1) is 0 Å². The molecule has 86 valence electrons. The van der Waals surface area contributed by atoms with Crippen molar-refractivity contribution in [3.8, 4) is 0 Å². The van der Waals surface area contributed by atoms with Gasteiger partial charge in [-0.3, -0.25) is 0 Å². The first kappa shape index (κ1) is 12.5. The topological polar surface area (TPSA) is 35.5 Å². The summed E-state index contributed by atoms with van der Waals surface area (Å²) in [7, 11) is -0.927. The Balaban J connectivity index is 2.01. The van der Waals surface area contributed by atoms with E-state index in [1.165, 1.54) is 18.9 Å². The molecule has 3 nitrogen and oxygen atoms in total. The number of ether oxygens (including phenoxy) is 1. The minimum Gasteiger partial charge on any atom is -0.462 e. The van der Waals surface area contributed by atoms with Crippen molar-refractivity contribution >= 4 is 15.0 Å². The molecule has 1 aliphatic rings. The summed E-state index contributed by atoms with van der Waals surface area (Å²) in [5, 5.41) is 0. The first-order chi connectivity index (χ1) is 7.20. The fourth-order valence-corrected chi connectivity index (χ4v) is 4.12. The van der Waals surface area contributed by atoms with Crippen LogP contribution in [0.3, 0.4) is 0 Å². The van der Waals surface area contributed by atoms with Gasteiger partial charge in [0.2, 0.25) is 0 Å². The summed E-state index contributed by atoms with van der Waals surface area (Å²) < 4.78 is 10.7. The van der Waals surface area contributed by atoms with E-state index in [2.05, 4.69) is 6.58 Å². The third kappa shape index (κ3) is 5.13. The molecule has 1 fully saturated rings. The summed E-state index contributed by atoms with van der Waals surface area (Å²) in [6.07, 6.45) is 3.48. The lowest BCUT2D eigenvalue weighted by Crippen LogP contribution is -2.23. The van der Waals surface area contributed by atoms with Crippen LogP contribution in [0.15, 0.2) is 12.2 Å². The average Bonchev–Trinajstić information content (AvgIpc) is 2.25. The minimum absolute atomic E-state index is 0.277. The van der Waals surface area contributed by atoms with E-state index in [0.717, 1.165) is 19.1 Å². The largest absolute Gasteiger partial charge is 0.462 e. The van der Waals surface area contributed by atoms with E-state index in [1.807, 2.05) is 0 Å². The highest BCUT2D eigenvalue weighted by Gasteiger charge is 2.15. The molecular weight excluding hydrogens is 208 g/mol. The van der Waals surface area contributed by atoms with E-state index in [0.29, 0.717) is 12.2 Å². The Bertz CT molecular complexity index is 222. The fourth-order valence-electron chi connectivity index (χ4n) is 1.63. The first-order valence-electron chi connectivity index (χ1n) is 5.64. The Morgan fingerprint density at radius 2 is 2.33 bits per heavy atom. The van der Waals surface area contributed by atoms with Gasteiger partial charge >= 0.3 is 5.97 Å². The maximum absolute atomic E-state index is 11.1. The number of hydrogen-bond acceptors (Lipinski definition) is 3. The molecule has 1 aliphatic heterocycles. The molecule has 0 aliphatic carbocycles. The molecule has 1 atom stereocenters. The van der Waals surface area contributed by atoms with Gasteiger partial charge in [0.1, 0.15) is 0 Å². The van der Waals surface area contributed by atoms with E-state index in [9.17, 15) is 4.79 Å². The van der Waals surface area contributed by atoms with Crippen LogP contribution in [0.5, 0.6) is 0 Å². The average molecular weight is 228 g/mol. The molecule has 0 radical (unpaired) electrons. The monoisotopic (exact) mass is 228 g/mol. The van der Waals surface area contributed by atoms with E-state index < -0.39 is 9.04 Å². The van der Waals surface area contributed by atoms with Crippen LogP contribution in [-0.2, 0) is 14.0 Å². The predicted molar refractivity (Wildman–Crippen MR) is 62.3 cm³/mol. The summed E-state index contributed by atoms with van der Waals surface area (Å²) in [4.78, 5) is 11.1. The third-order valence-electron chi connectivity index (χ3n) is 2.53. The SMILES string of the molecule is C=C(C)C(=O)OCCC[SiH]1CCCCO1. The Hall–Kier alpha value is -0.613. The molecule has 1 rings (SSSR count). The second-order valence-electron chi connectivity index (χ2n) is 4.05. The molecule has 1 heterocycles. The molecule has 0 saturated carbocycles. The van der Waals surface area contributed by atoms with Gasteiger partial charge in [-0.1, -0.05) is 13.0 Å². The zero-order chi connectivity index (χ0) is 11.1. The summed E-state index contributed by atoms with van der Waals surface area (Å²) in [6, 6.07) is 2.41. The van der Waals surface area contributed by atoms with Gasteiger partial charge in [-0.05, 0) is 31.9 Å². The normalized spacial score (nSPS) is 21.0. The fraction of sp³-hybridized carbons (Fsp3) is 0.727. The first-order valence-corrected chi connectivity index (χ1v) is 7.75. The number of rotatable bonds is 5. The van der Waals surface area contributed by atoms with Crippen molar-refractivity contribution in [3.05, 3.63) is 12.2 Å². The second-order valence-corrected chi connectivity index (χ2v) is 6.78. The van der Waals surface area contributed by atoms with Gasteiger partial charge < -0.3 is 9.16 Å². The van der Waals surface area contributed by atoms with Gasteiger partial charge in [-0.15, -0.1) is 0 Å². The van der Waals surface area contributed by atoms with Crippen molar-refractivity contribution < 1.29 is 14.0 Å². The van der Waals surface area contributed by atoms with Gasteiger partial charge in [0.25, 0.3) is 0 Å². The standard InChI is InChI=1S/C11H20O3Si/c1-10(2)11(12)13-6-5-9-15-8-4-3-7-14-15/h15H,1,3-9H2,2H3. The summed E-state index contributed by atoms with van der Waals surface area (Å²) in [6.45, 7) is 6.66. The number of carbonyl (C=O) groups excluding carboxylic acids is 1. The maximum atomic E-state index is 11.1. The zero-order valence-electron chi connectivity index (χ0n) is 9.46. The molecular formula is C11H20O3Si. The summed E-state index contributed by atoms with van der Waals surface area (Å²) >= 11 is 0. The Morgan fingerprint density at radius 3 is 2.93 bits per heavy atom. The van der Waals surface area contributed by atoms with Gasteiger partial charge in [0.15, 0.2) is 9.04 Å². The molecule has 0 aromatic heterocycles. The molecule has 0 aromatic rings. The molecule has 0 N–H and O–H groups in total. The highest BCUT2D eigenvalue weighted by molar-refractivity contribution is 6.51. The number of hydrogen-bond donors (Lipinski definition) is 0. The molecule has 4 heteroatoms. The van der Waals surface area contributed by atoms with Crippen LogP contribution >= 0.6 is 0 Å². The van der Waals surface area contributed by atoms with Crippen LogP contribution < -0.4 is 0 Å². The molecule has 1 unspecified atom stereocenters. The number of carbonyl (C=O) groups is 1. The van der Waals surface area contributed by atoms with E-state index >= 15 is 0 Å².